The standard InChI is InChI=1S/C11H11ClN2O5/c12-7-2-9(10(16)3-8(7)14(18)19)13-4-6(5-15)1-11(13)17/h2-3,6,15-16H,1,4-5H2. The summed E-state index contributed by atoms with van der Waals surface area (Å²) < 4.78 is 0. The molecule has 0 radical (unpaired) electrons. The fourth-order valence-electron chi connectivity index (χ4n) is 2.03. The third kappa shape index (κ3) is 2.47. The van der Waals surface area contributed by atoms with Crippen molar-refractivity contribution in [3.8, 4) is 5.75 Å². The Morgan fingerprint density at radius 3 is 2.74 bits per heavy atom. The van der Waals surface area contributed by atoms with Crippen LogP contribution in [0.5, 0.6) is 5.75 Å². The molecule has 1 aromatic rings. The Bertz CT molecular complexity index is 548. The molecule has 0 bridgehead atoms. The first-order chi connectivity index (χ1) is 8.93. The topological polar surface area (TPSA) is 104 Å². The van der Waals surface area contributed by atoms with Gasteiger partial charge in [0.25, 0.3) is 5.69 Å². The average molecular weight is 287 g/mol. The van der Waals surface area contributed by atoms with E-state index in [-0.39, 0.29) is 47.9 Å². The molecule has 2 N–H and O–H groups in total. The molecule has 1 aromatic carbocycles. The van der Waals surface area contributed by atoms with E-state index in [4.69, 9.17) is 16.7 Å². The number of benzene rings is 1. The second-order valence-corrected chi connectivity index (χ2v) is 4.71. The molecule has 0 saturated carbocycles. The van der Waals surface area contributed by atoms with Crippen molar-refractivity contribution in [1.82, 2.24) is 0 Å². The number of nitrogens with zero attached hydrogens (tertiary/aromatic N) is 2. The summed E-state index contributed by atoms with van der Waals surface area (Å²) in [7, 11) is 0. The highest BCUT2D eigenvalue weighted by atomic mass is 35.5. The van der Waals surface area contributed by atoms with Crippen molar-refractivity contribution in [3.63, 3.8) is 0 Å². The van der Waals surface area contributed by atoms with Gasteiger partial charge in [-0.25, -0.2) is 0 Å². The van der Waals surface area contributed by atoms with Crippen molar-refractivity contribution < 1.29 is 19.9 Å². The maximum absolute atomic E-state index is 11.8. The van der Waals surface area contributed by atoms with Gasteiger partial charge in [0.2, 0.25) is 5.91 Å². The number of hydrogen-bond acceptors (Lipinski definition) is 5. The number of halogens is 1. The number of aliphatic hydroxyl groups excluding tert-OH is 1. The van der Waals surface area contributed by atoms with E-state index in [9.17, 15) is 20.0 Å². The average Bonchev–Trinajstić information content (AvgIpc) is 2.72. The summed E-state index contributed by atoms with van der Waals surface area (Å²) in [5, 5.41) is 29.3. The molecule has 0 aromatic heterocycles. The number of amides is 1. The number of rotatable bonds is 3. The molecule has 1 fully saturated rings. The van der Waals surface area contributed by atoms with Crippen LogP contribution in [0, 0.1) is 16.0 Å². The Morgan fingerprint density at radius 2 is 2.21 bits per heavy atom. The van der Waals surface area contributed by atoms with Gasteiger partial charge in [0.15, 0.2) is 0 Å². The van der Waals surface area contributed by atoms with Gasteiger partial charge >= 0.3 is 0 Å². The zero-order valence-electron chi connectivity index (χ0n) is 9.74. The van der Waals surface area contributed by atoms with Gasteiger partial charge in [-0.15, -0.1) is 0 Å². The Kier molecular flexibility index (Phi) is 3.59. The maximum Gasteiger partial charge on any atom is 0.291 e. The van der Waals surface area contributed by atoms with E-state index >= 15 is 0 Å². The van der Waals surface area contributed by atoms with Gasteiger partial charge in [-0.2, -0.15) is 0 Å². The molecule has 1 heterocycles. The van der Waals surface area contributed by atoms with Crippen LogP contribution in [-0.4, -0.2) is 34.2 Å². The minimum Gasteiger partial charge on any atom is -0.505 e. The summed E-state index contributed by atoms with van der Waals surface area (Å²) >= 11 is 5.75. The largest absolute Gasteiger partial charge is 0.505 e. The summed E-state index contributed by atoms with van der Waals surface area (Å²) in [5.41, 5.74) is -0.301. The summed E-state index contributed by atoms with van der Waals surface area (Å²) in [6, 6.07) is 2.10. The molecule has 1 aliphatic rings. The van der Waals surface area contributed by atoms with Gasteiger partial charge < -0.3 is 15.1 Å². The van der Waals surface area contributed by atoms with E-state index in [1.165, 1.54) is 11.0 Å². The third-order valence-corrected chi connectivity index (χ3v) is 3.30. The summed E-state index contributed by atoms with van der Waals surface area (Å²) in [6.45, 7) is 0.112. The predicted molar refractivity (Wildman–Crippen MR) is 67.3 cm³/mol. The van der Waals surface area contributed by atoms with Gasteiger partial charge in [-0.05, 0) is 6.07 Å². The number of phenolic OH excluding ortho intramolecular Hbond substituents is 1. The van der Waals surface area contributed by atoms with Gasteiger partial charge in [0.05, 0.1) is 16.7 Å². The smallest absolute Gasteiger partial charge is 0.291 e. The van der Waals surface area contributed by atoms with E-state index < -0.39 is 10.6 Å². The second kappa shape index (κ2) is 5.02. The van der Waals surface area contributed by atoms with Crippen molar-refractivity contribution in [2.45, 2.75) is 6.42 Å². The lowest BCUT2D eigenvalue weighted by atomic mass is 10.1. The molecule has 1 aliphatic heterocycles. The molecule has 1 unspecified atom stereocenters. The first-order valence-electron chi connectivity index (χ1n) is 5.52. The minimum absolute atomic E-state index is 0.122. The van der Waals surface area contributed by atoms with Gasteiger partial charge in [0.1, 0.15) is 10.8 Å². The number of anilines is 1. The highest BCUT2D eigenvalue weighted by Gasteiger charge is 2.32. The molecule has 0 aliphatic carbocycles. The number of aliphatic hydroxyl groups is 1. The van der Waals surface area contributed by atoms with Crippen LogP contribution < -0.4 is 4.90 Å². The van der Waals surface area contributed by atoms with Crippen molar-refractivity contribution in [2.24, 2.45) is 5.92 Å². The van der Waals surface area contributed by atoms with Gasteiger partial charge in [-0.1, -0.05) is 11.6 Å². The van der Waals surface area contributed by atoms with Crippen LogP contribution in [0.2, 0.25) is 5.02 Å². The number of aromatic hydroxyl groups is 1. The lowest BCUT2D eigenvalue weighted by Crippen LogP contribution is -2.25. The fourth-order valence-corrected chi connectivity index (χ4v) is 2.26. The van der Waals surface area contributed by atoms with E-state index in [1.54, 1.807) is 0 Å². The summed E-state index contributed by atoms with van der Waals surface area (Å²) in [4.78, 5) is 23.0. The van der Waals surface area contributed by atoms with Crippen molar-refractivity contribution in [2.75, 3.05) is 18.1 Å². The SMILES string of the molecule is O=C1CC(CO)CN1c1cc(Cl)c([N+](=O)[O-])cc1O. The van der Waals surface area contributed by atoms with Crippen LogP contribution in [0.3, 0.4) is 0 Å². The Balaban J connectivity index is 2.39. The van der Waals surface area contributed by atoms with Crippen molar-refractivity contribution in [3.05, 3.63) is 27.3 Å². The monoisotopic (exact) mass is 286 g/mol. The quantitative estimate of drug-likeness (QED) is 0.644. The van der Waals surface area contributed by atoms with E-state index in [0.717, 1.165) is 6.07 Å². The normalized spacial score (nSPS) is 18.9. The van der Waals surface area contributed by atoms with E-state index in [0.29, 0.717) is 0 Å². The molecular formula is C11H11ClN2O5. The van der Waals surface area contributed by atoms with Gasteiger partial charge in [0, 0.05) is 25.5 Å². The second-order valence-electron chi connectivity index (χ2n) is 4.31. The lowest BCUT2D eigenvalue weighted by molar-refractivity contribution is -0.384. The molecule has 102 valence electrons. The summed E-state index contributed by atoms with van der Waals surface area (Å²) in [5.74, 6) is -0.858. The fraction of sp³-hybridized carbons (Fsp3) is 0.364. The number of carbonyl (C=O) groups excluding carboxylic acids is 1. The molecule has 19 heavy (non-hydrogen) atoms. The Hall–Kier alpha value is -1.86. The molecule has 1 amide bonds. The minimum atomic E-state index is -0.714. The molecule has 1 atom stereocenters. The molecular weight excluding hydrogens is 276 g/mol. The van der Waals surface area contributed by atoms with Crippen molar-refractivity contribution in [1.29, 1.82) is 0 Å². The zero-order chi connectivity index (χ0) is 14.2. The van der Waals surface area contributed by atoms with E-state index in [1.807, 2.05) is 0 Å². The van der Waals surface area contributed by atoms with Crippen molar-refractivity contribution >= 4 is 28.9 Å². The van der Waals surface area contributed by atoms with Crippen LogP contribution >= 0.6 is 11.6 Å². The highest BCUT2D eigenvalue weighted by molar-refractivity contribution is 6.33. The first kappa shape index (κ1) is 13.6. The van der Waals surface area contributed by atoms with Crippen LogP contribution in [0.1, 0.15) is 6.42 Å². The van der Waals surface area contributed by atoms with E-state index in [2.05, 4.69) is 0 Å². The van der Waals surface area contributed by atoms with Gasteiger partial charge in [-0.3, -0.25) is 14.9 Å². The van der Waals surface area contributed by atoms with Crippen LogP contribution in [0.4, 0.5) is 11.4 Å². The number of hydrogen-bond donors (Lipinski definition) is 2. The lowest BCUT2D eigenvalue weighted by Gasteiger charge is -2.18. The Morgan fingerprint density at radius 1 is 1.53 bits per heavy atom. The molecule has 2 rings (SSSR count). The number of phenols is 1. The highest BCUT2D eigenvalue weighted by Crippen LogP contribution is 2.39. The molecule has 8 heteroatoms. The Labute approximate surface area is 113 Å². The number of nitro groups is 1. The third-order valence-electron chi connectivity index (χ3n) is 2.99. The molecule has 1 saturated heterocycles. The van der Waals surface area contributed by atoms with Crippen LogP contribution in [0.15, 0.2) is 12.1 Å². The first-order valence-corrected chi connectivity index (χ1v) is 5.90. The number of carbonyl (C=O) groups is 1. The number of nitro benzene ring substituents is 1. The predicted octanol–water partition coefficient (Wildman–Crippen LogP) is 1.30. The molecule has 7 nitrogen and oxygen atoms in total. The van der Waals surface area contributed by atoms with Crippen LogP contribution in [-0.2, 0) is 4.79 Å². The zero-order valence-corrected chi connectivity index (χ0v) is 10.5. The maximum atomic E-state index is 11.8. The summed E-state index contributed by atoms with van der Waals surface area (Å²) in [6.07, 6.45) is 0.171. The molecule has 0 spiro atoms. The van der Waals surface area contributed by atoms with Crippen LogP contribution in [0.25, 0.3) is 0 Å².